The predicted octanol–water partition coefficient (Wildman–Crippen LogP) is 7.02. The van der Waals surface area contributed by atoms with Crippen LogP contribution < -0.4 is 4.74 Å². The third-order valence-electron chi connectivity index (χ3n) is 4.32. The molecule has 1 fully saturated rings. The first-order chi connectivity index (χ1) is 14.9. The quantitative estimate of drug-likeness (QED) is 0.345. The summed E-state index contributed by atoms with van der Waals surface area (Å²) in [5.41, 5.74) is 0.713. The standard InChI is InChI=1S/C22H14Cl3NO4S/c23-14-1-3-17(4-2-14)29-8-7-26-21(27)20(31-22(26)28)12-18-5-6-19(30-18)13-9-15(24)11-16(25)10-13/h1-6,9-12H,7-8H2/b20-12-. The first-order valence-electron chi connectivity index (χ1n) is 9.09. The molecule has 2 aromatic carbocycles. The minimum Gasteiger partial charge on any atom is -0.492 e. The van der Waals surface area contributed by atoms with Crippen LogP contribution in [0.1, 0.15) is 5.76 Å². The van der Waals surface area contributed by atoms with Crippen LogP contribution in [-0.2, 0) is 4.79 Å². The molecular weight excluding hydrogens is 481 g/mol. The lowest BCUT2D eigenvalue weighted by molar-refractivity contribution is -0.123. The van der Waals surface area contributed by atoms with Crippen molar-refractivity contribution in [2.75, 3.05) is 13.2 Å². The number of nitrogens with zero attached hydrogens (tertiary/aromatic N) is 1. The van der Waals surface area contributed by atoms with Crippen LogP contribution in [0.3, 0.4) is 0 Å². The zero-order valence-corrected chi connectivity index (χ0v) is 18.9. The summed E-state index contributed by atoms with van der Waals surface area (Å²) in [7, 11) is 0. The van der Waals surface area contributed by atoms with Gasteiger partial charge in [0.05, 0.1) is 11.4 Å². The van der Waals surface area contributed by atoms with Crippen LogP contribution in [0, 0.1) is 0 Å². The maximum atomic E-state index is 12.6. The summed E-state index contributed by atoms with van der Waals surface area (Å²) < 4.78 is 11.4. The molecule has 158 valence electrons. The third kappa shape index (κ3) is 5.28. The lowest BCUT2D eigenvalue weighted by atomic mass is 10.2. The van der Waals surface area contributed by atoms with E-state index < -0.39 is 5.91 Å². The van der Waals surface area contributed by atoms with E-state index in [1.54, 1.807) is 60.7 Å². The number of hydrogen-bond donors (Lipinski definition) is 0. The topological polar surface area (TPSA) is 59.8 Å². The molecule has 1 aliphatic rings. The van der Waals surface area contributed by atoms with Crippen LogP contribution in [0.25, 0.3) is 17.4 Å². The summed E-state index contributed by atoms with van der Waals surface area (Å²) in [4.78, 5) is 26.3. The van der Waals surface area contributed by atoms with Gasteiger partial charge in [-0.2, -0.15) is 0 Å². The molecule has 0 spiro atoms. The van der Waals surface area contributed by atoms with Crippen LogP contribution >= 0.6 is 46.6 Å². The third-order valence-corrected chi connectivity index (χ3v) is 5.91. The summed E-state index contributed by atoms with van der Waals surface area (Å²) in [6.07, 6.45) is 1.54. The minimum atomic E-state index is -0.390. The van der Waals surface area contributed by atoms with Crippen LogP contribution in [0.2, 0.25) is 15.1 Å². The van der Waals surface area contributed by atoms with Gasteiger partial charge in [0.15, 0.2) is 0 Å². The Morgan fingerprint density at radius 2 is 1.65 bits per heavy atom. The zero-order chi connectivity index (χ0) is 22.0. The molecule has 2 amide bonds. The molecule has 4 rings (SSSR count). The number of amides is 2. The lowest BCUT2D eigenvalue weighted by Gasteiger charge is -2.13. The number of thioether (sulfide) groups is 1. The van der Waals surface area contributed by atoms with Crippen molar-refractivity contribution in [3.63, 3.8) is 0 Å². The van der Waals surface area contributed by atoms with E-state index >= 15 is 0 Å². The molecule has 1 saturated heterocycles. The largest absolute Gasteiger partial charge is 0.492 e. The minimum absolute atomic E-state index is 0.134. The van der Waals surface area contributed by atoms with E-state index in [0.29, 0.717) is 37.9 Å². The summed E-state index contributed by atoms with van der Waals surface area (Å²) in [5.74, 6) is 1.20. The summed E-state index contributed by atoms with van der Waals surface area (Å²) in [5, 5.41) is 1.22. The Morgan fingerprint density at radius 3 is 2.35 bits per heavy atom. The number of carbonyl (C=O) groups is 2. The molecule has 9 heteroatoms. The molecule has 0 saturated carbocycles. The second kappa shape index (κ2) is 9.40. The Hall–Kier alpha value is -2.38. The van der Waals surface area contributed by atoms with E-state index in [4.69, 9.17) is 44.0 Å². The number of furan rings is 1. The monoisotopic (exact) mass is 493 g/mol. The van der Waals surface area contributed by atoms with Gasteiger partial charge in [-0.1, -0.05) is 34.8 Å². The smallest absolute Gasteiger partial charge is 0.293 e. The van der Waals surface area contributed by atoms with Gasteiger partial charge in [0.2, 0.25) is 0 Å². The van der Waals surface area contributed by atoms with Crippen LogP contribution in [0.5, 0.6) is 5.75 Å². The molecule has 0 aliphatic carbocycles. The van der Waals surface area contributed by atoms with Crippen molar-refractivity contribution in [2.24, 2.45) is 0 Å². The van der Waals surface area contributed by atoms with Gasteiger partial charge in [-0.3, -0.25) is 14.5 Å². The summed E-state index contributed by atoms with van der Waals surface area (Å²) in [6, 6.07) is 15.4. The highest BCUT2D eigenvalue weighted by atomic mass is 35.5. The number of benzene rings is 2. The number of ether oxygens (including phenoxy) is 1. The van der Waals surface area contributed by atoms with Crippen molar-refractivity contribution in [1.82, 2.24) is 4.90 Å². The number of rotatable bonds is 6. The van der Waals surface area contributed by atoms with Crippen molar-refractivity contribution in [3.05, 3.63) is 80.3 Å². The Labute approximate surface area is 197 Å². The molecule has 31 heavy (non-hydrogen) atoms. The fraction of sp³-hybridized carbons (Fsp3) is 0.0909. The maximum absolute atomic E-state index is 12.6. The molecule has 3 aromatic rings. The Morgan fingerprint density at radius 1 is 0.935 bits per heavy atom. The van der Waals surface area contributed by atoms with E-state index in [0.717, 1.165) is 16.7 Å². The van der Waals surface area contributed by atoms with Gasteiger partial charge in [-0.25, -0.2) is 0 Å². The van der Waals surface area contributed by atoms with Crippen molar-refractivity contribution in [2.45, 2.75) is 0 Å². The fourth-order valence-electron chi connectivity index (χ4n) is 2.89. The highest BCUT2D eigenvalue weighted by Crippen LogP contribution is 2.34. The van der Waals surface area contributed by atoms with Gasteiger partial charge < -0.3 is 9.15 Å². The second-order valence-electron chi connectivity index (χ2n) is 6.50. The van der Waals surface area contributed by atoms with E-state index in [1.165, 1.54) is 0 Å². The van der Waals surface area contributed by atoms with Gasteiger partial charge >= 0.3 is 0 Å². The highest BCUT2D eigenvalue weighted by Gasteiger charge is 2.35. The van der Waals surface area contributed by atoms with Crippen LogP contribution in [0.15, 0.2) is 63.9 Å². The van der Waals surface area contributed by atoms with Crippen LogP contribution in [0.4, 0.5) is 4.79 Å². The van der Waals surface area contributed by atoms with E-state index in [1.807, 2.05) is 0 Å². The summed E-state index contributed by atoms with van der Waals surface area (Å²) in [6.45, 7) is 0.308. The first kappa shape index (κ1) is 21.8. The number of hydrogen-bond acceptors (Lipinski definition) is 5. The normalized spacial score (nSPS) is 15.2. The molecule has 5 nitrogen and oxygen atoms in total. The van der Waals surface area contributed by atoms with E-state index in [9.17, 15) is 9.59 Å². The maximum Gasteiger partial charge on any atom is 0.293 e. The molecule has 1 aliphatic heterocycles. The number of imide groups is 1. The Balaban J connectivity index is 1.42. The van der Waals surface area contributed by atoms with Gasteiger partial charge in [0.25, 0.3) is 11.1 Å². The lowest BCUT2D eigenvalue weighted by Crippen LogP contribution is -2.32. The molecule has 0 N–H and O–H groups in total. The average molecular weight is 495 g/mol. The van der Waals surface area contributed by atoms with Crippen LogP contribution in [-0.4, -0.2) is 29.2 Å². The van der Waals surface area contributed by atoms with Gasteiger partial charge in [-0.05, 0) is 66.4 Å². The second-order valence-corrected chi connectivity index (χ2v) is 8.80. The molecular formula is C22H14Cl3NO4S. The molecule has 0 unspecified atom stereocenters. The highest BCUT2D eigenvalue weighted by molar-refractivity contribution is 8.18. The van der Waals surface area contributed by atoms with Gasteiger partial charge in [0, 0.05) is 26.7 Å². The van der Waals surface area contributed by atoms with Crippen molar-refractivity contribution in [1.29, 1.82) is 0 Å². The molecule has 0 radical (unpaired) electrons. The average Bonchev–Trinajstić information content (AvgIpc) is 3.29. The predicted molar refractivity (Wildman–Crippen MR) is 124 cm³/mol. The SMILES string of the molecule is O=C1S/C(=C\c2ccc(-c3cc(Cl)cc(Cl)c3)o2)C(=O)N1CCOc1ccc(Cl)cc1. The van der Waals surface area contributed by atoms with E-state index in [2.05, 4.69) is 0 Å². The molecule has 0 atom stereocenters. The Bertz CT molecular complexity index is 1150. The summed E-state index contributed by atoms with van der Waals surface area (Å²) >= 11 is 18.8. The van der Waals surface area contributed by atoms with Gasteiger partial charge in [-0.15, -0.1) is 0 Å². The fourth-order valence-corrected chi connectivity index (χ4v) is 4.39. The number of halogens is 3. The van der Waals surface area contributed by atoms with Crippen molar-refractivity contribution >= 4 is 63.8 Å². The zero-order valence-electron chi connectivity index (χ0n) is 15.8. The Kier molecular flexibility index (Phi) is 6.62. The van der Waals surface area contributed by atoms with Crippen molar-refractivity contribution < 1.29 is 18.7 Å². The molecule has 1 aromatic heterocycles. The molecule has 0 bridgehead atoms. The molecule has 2 heterocycles. The van der Waals surface area contributed by atoms with E-state index in [-0.39, 0.29) is 23.3 Å². The van der Waals surface area contributed by atoms with Gasteiger partial charge in [0.1, 0.15) is 23.9 Å². The first-order valence-corrected chi connectivity index (χ1v) is 11.0. The number of carbonyl (C=O) groups excluding carboxylic acids is 2. The van der Waals surface area contributed by atoms with Crippen molar-refractivity contribution in [3.8, 4) is 17.1 Å².